The summed E-state index contributed by atoms with van der Waals surface area (Å²) in [7, 11) is 6.63. The van der Waals surface area contributed by atoms with Gasteiger partial charge in [-0.1, -0.05) is 235 Å². The van der Waals surface area contributed by atoms with Gasteiger partial charge < -0.3 is 63.6 Å². The first kappa shape index (κ1) is 93.5. The highest BCUT2D eigenvalue weighted by Crippen LogP contribution is 2.48. The van der Waals surface area contributed by atoms with E-state index in [2.05, 4.69) is 259 Å². The van der Waals surface area contributed by atoms with Gasteiger partial charge in [-0.05, 0) is 222 Å². The topological polar surface area (TPSA) is 185 Å². The molecule has 19 rings (SSSR count). The summed E-state index contributed by atoms with van der Waals surface area (Å²) in [5.41, 5.74) is 21.5. The smallest absolute Gasteiger partial charge is 0.409 e. The molecular formula is C111H135N9O11. The van der Waals surface area contributed by atoms with E-state index in [-0.39, 0.29) is 74.2 Å². The number of hydrogen-bond donors (Lipinski definition) is 3. The molecule has 131 heavy (non-hydrogen) atoms. The van der Waals surface area contributed by atoms with Crippen LogP contribution in [0.25, 0.3) is 44.5 Å². The summed E-state index contributed by atoms with van der Waals surface area (Å²) in [5, 5.41) is 23.2. The number of benzene rings is 10. The molecule has 0 radical (unpaired) electrons. The number of methoxy groups -OCH3 is 4. The van der Waals surface area contributed by atoms with Crippen molar-refractivity contribution in [3.05, 3.63) is 287 Å². The van der Waals surface area contributed by atoms with E-state index in [0.717, 1.165) is 90.9 Å². The van der Waals surface area contributed by atoms with Crippen molar-refractivity contribution in [1.82, 2.24) is 39.2 Å². The van der Waals surface area contributed by atoms with Crippen molar-refractivity contribution in [2.75, 3.05) is 152 Å². The third-order valence-electron chi connectivity index (χ3n) is 29.0. The number of carbonyl (C=O) groups excluding carboxylic acids is 3. The normalized spacial score (nSPS) is 23.8. The molecule has 690 valence electrons. The summed E-state index contributed by atoms with van der Waals surface area (Å²) >= 11 is 0. The molecule has 8 saturated heterocycles. The molecule has 20 nitrogen and oxygen atoms in total. The summed E-state index contributed by atoms with van der Waals surface area (Å²) in [6.07, 6.45) is 9.58. The minimum Gasteiger partial charge on any atom is -0.495 e. The first-order valence-electron chi connectivity index (χ1n) is 47.9. The lowest BCUT2D eigenvalue weighted by Gasteiger charge is -2.57. The summed E-state index contributed by atoms with van der Waals surface area (Å²) in [5.74, 6) is 3.36. The van der Waals surface area contributed by atoms with Crippen LogP contribution in [-0.4, -0.2) is 263 Å². The number of aliphatic hydroxyl groups excluding tert-OH is 2. The van der Waals surface area contributed by atoms with Crippen LogP contribution >= 0.6 is 0 Å². The lowest BCUT2D eigenvalue weighted by atomic mass is 9.74. The number of carbonyl (C=O) groups is 3. The molecule has 0 saturated carbocycles. The number of hydrogen-bond acceptors (Lipinski definition) is 16. The maximum Gasteiger partial charge on any atom is 0.409 e. The number of para-hydroxylation sites is 2. The van der Waals surface area contributed by atoms with Gasteiger partial charge in [-0.15, -0.1) is 0 Å². The molecule has 3 N–H and O–H groups in total. The summed E-state index contributed by atoms with van der Waals surface area (Å²) in [6.45, 7) is 24.8. The van der Waals surface area contributed by atoms with Crippen molar-refractivity contribution in [1.29, 1.82) is 0 Å². The van der Waals surface area contributed by atoms with E-state index in [1.165, 1.54) is 128 Å². The standard InChI is InChI=1S/C31H37N3O3.C31H34N2O4.C25H34N2O.C24H30N2O3/c1-22-9-8-10-25(19-22)23-13-15-24(16-14-23)30-27-20-33(17-6-7-18-34(27)28(30)21-36-2)31(35)32-26-11-4-5-12-29(26)37-3;1-21-6-5-7-24(16-21)22-8-10-23(11-9-22)30-26-18-32(14-3-4-15-33(26)27(30)19-35-2)31(34)25-12-13-28-29(17-25)37-20-36-28;1-3-13-26-14-4-5-15-27-23(17-26)25(24(27)18-28)21-11-9-20(10-12-21)22-8-6-7-19(2)16-22;1-17-6-5-7-20(14-17)18-8-10-19(11-9-18)23-21-15-25(24(28)29-2)12-3-4-13-26(21)22(23)16-27/h4-5,8-16,19,27-28,30H,6-7,17-18,20-21H2,1-3H3,(H,32,35);5-13,16-17,26-27,30H,3-4,14-15,18-20H2,1-2H3;6-12,16,23-25,28H,3-5,13-15,17-18H2,1-2H3;5-11,14,21-23,27H,3-4,12-13,15-16H2,1-2H3/t27-,28+,30-;26-,27+,30-;23-,24+,25-;21-,22+,23-/m0000/s1. The van der Waals surface area contributed by atoms with E-state index in [1.54, 1.807) is 21.3 Å². The van der Waals surface area contributed by atoms with Crippen LogP contribution in [0.4, 0.5) is 15.3 Å². The maximum atomic E-state index is 13.6. The Kier molecular flexibility index (Phi) is 31.5. The monoisotopic (exact) mass is 1770 g/mol. The van der Waals surface area contributed by atoms with Gasteiger partial charge in [-0.2, -0.15) is 0 Å². The molecule has 0 aromatic heterocycles. The molecule has 10 aromatic rings. The largest absolute Gasteiger partial charge is 0.495 e. The summed E-state index contributed by atoms with van der Waals surface area (Å²) < 4.78 is 32.7. The first-order valence-corrected chi connectivity index (χ1v) is 47.9. The molecule has 9 aliphatic rings. The summed E-state index contributed by atoms with van der Waals surface area (Å²) in [6, 6.07) is 85.5. The van der Waals surface area contributed by atoms with Crippen LogP contribution < -0.4 is 19.5 Å². The van der Waals surface area contributed by atoms with E-state index < -0.39 is 0 Å². The van der Waals surface area contributed by atoms with Gasteiger partial charge >= 0.3 is 12.1 Å². The minimum atomic E-state index is -0.257. The van der Waals surface area contributed by atoms with Gasteiger partial charge in [0.15, 0.2) is 11.5 Å². The Morgan fingerprint density at radius 1 is 0.382 bits per heavy atom. The zero-order valence-corrected chi connectivity index (χ0v) is 78.2. The van der Waals surface area contributed by atoms with E-state index in [0.29, 0.717) is 97.2 Å². The van der Waals surface area contributed by atoms with Crippen molar-refractivity contribution in [3.8, 4) is 61.8 Å². The number of aliphatic hydroxyl groups is 2. The molecule has 0 bridgehead atoms. The second-order valence-electron chi connectivity index (χ2n) is 37.3. The lowest BCUT2D eigenvalue weighted by Crippen LogP contribution is -2.68. The number of rotatable bonds is 19. The zero-order chi connectivity index (χ0) is 91.0. The first-order chi connectivity index (χ1) is 64.0. The van der Waals surface area contributed by atoms with Crippen LogP contribution in [0, 0.1) is 27.7 Å². The van der Waals surface area contributed by atoms with Crippen molar-refractivity contribution < 1.29 is 53.0 Å². The van der Waals surface area contributed by atoms with E-state index >= 15 is 0 Å². The van der Waals surface area contributed by atoms with E-state index in [1.807, 2.05) is 57.2 Å². The molecule has 0 unspecified atom stereocenters. The predicted molar refractivity (Wildman–Crippen MR) is 522 cm³/mol. The fraction of sp³-hybridized carbons (Fsp3) is 0.432. The molecule has 10 aromatic carbocycles. The quantitative estimate of drug-likeness (QED) is 0.0694. The van der Waals surface area contributed by atoms with Crippen molar-refractivity contribution in [2.24, 2.45) is 0 Å². The van der Waals surface area contributed by atoms with E-state index in [4.69, 9.17) is 28.4 Å². The Morgan fingerprint density at radius 3 is 1.17 bits per heavy atom. The maximum absolute atomic E-state index is 13.6. The molecule has 0 aliphatic carbocycles. The Balaban J connectivity index is 0.000000129. The SMILES string of the molecule is CCCN1CCCCN2[C@H](CO)[C@@H](c3ccc(-c4cccc(C)c4)cc3)[C@@H]2C1.COC(=O)N1CCCCN2[C@H](CO)[C@@H](c3ccc(-c4cccc(C)c4)cc3)[C@@H]2C1.COC[C@@H]1[C@@H](c2ccc(-c3cccc(C)c3)cc2)[C@@H]2CN(C(=O)Nc3ccccc3OC)CCCCN12.COC[C@@H]1[C@@H](c2ccc(-c3cccc(C)c3)cc2)[C@@H]2CN(C(=O)c3ccc4c(c3)OCO4)CCCCN12. The number of urea groups is 1. The third kappa shape index (κ3) is 21.5. The van der Waals surface area contributed by atoms with Crippen molar-refractivity contribution >= 4 is 23.7 Å². The van der Waals surface area contributed by atoms with E-state index in [9.17, 15) is 24.6 Å². The predicted octanol–water partition coefficient (Wildman–Crippen LogP) is 18.8. The second-order valence-corrected chi connectivity index (χ2v) is 37.3. The van der Waals surface area contributed by atoms with Gasteiger partial charge in [0, 0.05) is 138 Å². The van der Waals surface area contributed by atoms with Gasteiger partial charge in [0.05, 0.1) is 46.3 Å². The second kappa shape index (κ2) is 44.2. The Bertz CT molecular complexity index is 5430. The van der Waals surface area contributed by atoms with Crippen LogP contribution in [0.15, 0.2) is 237 Å². The Hall–Kier alpha value is -10.8. The highest BCUT2D eigenvalue weighted by Gasteiger charge is 2.54. The lowest BCUT2D eigenvalue weighted by molar-refractivity contribution is -0.0680. The zero-order valence-electron chi connectivity index (χ0n) is 78.2. The van der Waals surface area contributed by atoms with Crippen LogP contribution in [0.3, 0.4) is 0 Å². The Morgan fingerprint density at radius 2 is 0.756 bits per heavy atom. The van der Waals surface area contributed by atoms with Crippen LogP contribution in [0.5, 0.6) is 17.2 Å². The average Bonchev–Trinajstić information content (AvgIpc) is 0.994. The highest BCUT2D eigenvalue weighted by atomic mass is 16.7. The third-order valence-corrected chi connectivity index (χ3v) is 29.0. The molecule has 20 heteroatoms. The molecule has 9 aliphatic heterocycles. The highest BCUT2D eigenvalue weighted by molar-refractivity contribution is 5.95. The minimum absolute atomic E-state index is 0.0592. The van der Waals surface area contributed by atoms with Gasteiger partial charge in [-0.3, -0.25) is 24.4 Å². The number of nitrogens with zero attached hydrogens (tertiary/aromatic N) is 8. The van der Waals surface area contributed by atoms with Crippen molar-refractivity contribution in [2.45, 2.75) is 164 Å². The van der Waals surface area contributed by atoms with Crippen LogP contribution in [-0.2, 0) is 14.2 Å². The number of aryl methyl sites for hydroxylation is 4. The van der Waals surface area contributed by atoms with Gasteiger partial charge in [0.25, 0.3) is 5.91 Å². The van der Waals surface area contributed by atoms with Gasteiger partial charge in [-0.25, -0.2) is 9.59 Å². The van der Waals surface area contributed by atoms with Gasteiger partial charge in [0.2, 0.25) is 6.79 Å². The average molecular weight is 1770 g/mol. The molecule has 0 spiro atoms. The Labute approximate surface area is 776 Å². The van der Waals surface area contributed by atoms with Gasteiger partial charge in [0.1, 0.15) is 5.75 Å². The van der Waals surface area contributed by atoms with Crippen molar-refractivity contribution in [3.63, 3.8) is 0 Å². The number of amides is 4. The fourth-order valence-electron chi connectivity index (χ4n) is 22.4. The number of anilines is 1. The molecule has 9 heterocycles. The number of ether oxygens (including phenoxy) is 6. The van der Waals surface area contributed by atoms with Crippen LogP contribution in [0.1, 0.15) is 143 Å². The molecular weight excluding hydrogens is 1640 g/mol. The van der Waals surface area contributed by atoms with Crippen LogP contribution in [0.2, 0.25) is 0 Å². The molecule has 4 amide bonds. The fourth-order valence-corrected chi connectivity index (χ4v) is 22.4. The number of nitrogens with one attached hydrogen (secondary N) is 1. The molecule has 12 atom stereocenters. The summed E-state index contributed by atoms with van der Waals surface area (Å²) in [4.78, 5) is 57.7. The number of fused-ring (bicyclic) bond motifs is 5. The molecule has 8 fully saturated rings.